The first-order valence-corrected chi connectivity index (χ1v) is 5.94. The van der Waals surface area contributed by atoms with Gasteiger partial charge in [0, 0.05) is 6.00 Å². The average molecular weight is 312 g/mol. The van der Waals surface area contributed by atoms with Crippen LogP contribution in [0.2, 0.25) is 0 Å². The highest BCUT2D eigenvalue weighted by Gasteiger charge is 2.61. The lowest BCUT2D eigenvalue weighted by Gasteiger charge is -2.26. The molecule has 2 saturated heterocycles. The molecular formula is C8H11BFIO3. The van der Waals surface area contributed by atoms with E-state index in [1.807, 2.05) is 22.6 Å². The fourth-order valence-corrected chi connectivity index (χ4v) is 2.44. The van der Waals surface area contributed by atoms with Gasteiger partial charge in [-0.15, -0.1) is 0 Å². The van der Waals surface area contributed by atoms with Crippen molar-refractivity contribution < 1.29 is 18.6 Å². The summed E-state index contributed by atoms with van der Waals surface area (Å²) in [6.07, 6.45) is -1.23. The van der Waals surface area contributed by atoms with E-state index in [1.165, 1.54) is 0 Å². The molecule has 2 aliphatic rings. The van der Waals surface area contributed by atoms with E-state index in [2.05, 4.69) is 0 Å². The molecule has 0 amide bonds. The highest BCUT2D eigenvalue weighted by Crippen LogP contribution is 2.44. The third kappa shape index (κ3) is 1.60. The van der Waals surface area contributed by atoms with Gasteiger partial charge >= 0.3 is 0 Å². The highest BCUT2D eigenvalue weighted by atomic mass is 127. The fourth-order valence-electron chi connectivity index (χ4n) is 1.83. The van der Waals surface area contributed by atoms with Crippen LogP contribution in [0.15, 0.2) is 0 Å². The fraction of sp³-hybridized carbons (Fsp3) is 1.00. The van der Waals surface area contributed by atoms with Crippen LogP contribution in [-0.2, 0) is 14.2 Å². The quantitative estimate of drug-likeness (QED) is 0.413. The second-order valence-corrected chi connectivity index (χ2v) is 4.79. The van der Waals surface area contributed by atoms with E-state index in [9.17, 15) is 4.39 Å². The molecule has 0 aromatic heterocycles. The molecule has 3 nitrogen and oxygen atoms in total. The second-order valence-electron chi connectivity index (χ2n) is 4.02. The second kappa shape index (κ2) is 3.30. The van der Waals surface area contributed by atoms with Crippen molar-refractivity contribution in [3.8, 4) is 0 Å². The Morgan fingerprint density at radius 3 is 2.57 bits per heavy atom. The van der Waals surface area contributed by atoms with Gasteiger partial charge in [-0.3, -0.25) is 0 Å². The van der Waals surface area contributed by atoms with Gasteiger partial charge in [-0.1, -0.05) is 22.6 Å². The Balaban J connectivity index is 2.23. The maximum absolute atomic E-state index is 14.1. The van der Waals surface area contributed by atoms with Crippen molar-refractivity contribution in [2.75, 3.05) is 4.43 Å². The van der Waals surface area contributed by atoms with E-state index >= 15 is 0 Å². The molecule has 0 N–H and O–H groups in total. The van der Waals surface area contributed by atoms with Gasteiger partial charge in [0.15, 0.2) is 5.79 Å². The first-order valence-electron chi connectivity index (χ1n) is 4.42. The lowest BCUT2D eigenvalue weighted by Crippen LogP contribution is -2.40. The molecule has 0 aromatic rings. The Morgan fingerprint density at radius 2 is 2.00 bits per heavy atom. The number of hydrogen-bond acceptors (Lipinski definition) is 3. The Labute approximate surface area is 97.2 Å². The van der Waals surface area contributed by atoms with Crippen LogP contribution < -0.4 is 0 Å². The summed E-state index contributed by atoms with van der Waals surface area (Å²) < 4.78 is 30.2. The van der Waals surface area contributed by atoms with Crippen molar-refractivity contribution in [1.29, 1.82) is 0 Å². The molecule has 4 atom stereocenters. The van der Waals surface area contributed by atoms with Crippen LogP contribution in [0.25, 0.3) is 0 Å². The highest BCUT2D eigenvalue weighted by molar-refractivity contribution is 14.1. The van der Waals surface area contributed by atoms with Gasteiger partial charge in [0.2, 0.25) is 5.85 Å². The molecule has 0 saturated carbocycles. The summed E-state index contributed by atoms with van der Waals surface area (Å²) in [5, 5.41) is 0. The summed E-state index contributed by atoms with van der Waals surface area (Å²) >= 11 is 1.91. The Hall–Kier alpha value is 0.605. The molecule has 2 rings (SSSR count). The summed E-state index contributed by atoms with van der Waals surface area (Å²) in [5.41, 5.74) is 0. The van der Waals surface area contributed by atoms with Gasteiger partial charge in [0.05, 0.1) is 4.43 Å². The van der Waals surface area contributed by atoms with Crippen LogP contribution in [0.1, 0.15) is 13.8 Å². The van der Waals surface area contributed by atoms with Crippen LogP contribution >= 0.6 is 22.6 Å². The van der Waals surface area contributed by atoms with Gasteiger partial charge in [0.25, 0.3) is 0 Å². The van der Waals surface area contributed by atoms with Gasteiger partial charge in [-0.05, 0) is 13.8 Å². The summed E-state index contributed by atoms with van der Waals surface area (Å²) in [6.45, 7) is 3.48. The van der Waals surface area contributed by atoms with Crippen molar-refractivity contribution in [3.63, 3.8) is 0 Å². The Morgan fingerprint density at radius 1 is 1.36 bits per heavy atom. The van der Waals surface area contributed by atoms with Crippen molar-refractivity contribution >= 4 is 30.4 Å². The molecular weight excluding hydrogens is 301 g/mol. The predicted octanol–water partition coefficient (Wildman–Crippen LogP) is 1.13. The van der Waals surface area contributed by atoms with Crippen molar-refractivity contribution in [2.24, 2.45) is 0 Å². The van der Waals surface area contributed by atoms with Crippen LogP contribution in [0.3, 0.4) is 0 Å². The van der Waals surface area contributed by atoms with E-state index in [0.717, 1.165) is 0 Å². The Bertz CT molecular complexity index is 253. The molecule has 14 heavy (non-hydrogen) atoms. The van der Waals surface area contributed by atoms with E-state index in [4.69, 9.17) is 22.1 Å². The van der Waals surface area contributed by atoms with Crippen LogP contribution in [0.4, 0.5) is 4.39 Å². The molecule has 2 heterocycles. The zero-order valence-electron chi connectivity index (χ0n) is 8.00. The molecule has 0 aromatic carbocycles. The largest absolute Gasteiger partial charge is 0.347 e. The van der Waals surface area contributed by atoms with Crippen LogP contribution in [0, 0.1) is 0 Å². The molecule has 0 bridgehead atoms. The maximum Gasteiger partial charge on any atom is 0.247 e. The third-order valence-corrected chi connectivity index (χ3v) is 3.43. The van der Waals surface area contributed by atoms with Crippen molar-refractivity contribution in [2.45, 2.75) is 43.7 Å². The molecule has 2 unspecified atom stereocenters. The monoisotopic (exact) mass is 312 g/mol. The third-order valence-electron chi connectivity index (χ3n) is 2.39. The molecule has 78 valence electrons. The number of hydrogen-bond donors (Lipinski definition) is 0. The number of ether oxygens (including phenoxy) is 3. The molecule has 2 radical (unpaired) electrons. The minimum Gasteiger partial charge on any atom is -0.347 e. The number of alkyl halides is 2. The normalized spacial score (nSPS) is 50.7. The van der Waals surface area contributed by atoms with Crippen molar-refractivity contribution in [1.82, 2.24) is 0 Å². The minimum atomic E-state index is -1.82. The maximum atomic E-state index is 14.1. The zero-order chi connectivity index (χ0) is 10.6. The first-order chi connectivity index (χ1) is 6.38. The minimum absolute atomic E-state index is 0.180. The van der Waals surface area contributed by atoms with Crippen molar-refractivity contribution in [3.05, 3.63) is 0 Å². The lowest BCUT2D eigenvalue weighted by atomic mass is 9.93. The standard InChI is InChI=1S/C8H11BFIO3/c1-7(2)12-4-5(13-7)8(10,3-11)14-6(4)9/h4-6H,3H2,1-2H3/t4?,5?,6-,8-/m1/s1. The van der Waals surface area contributed by atoms with E-state index in [0.29, 0.717) is 0 Å². The first kappa shape index (κ1) is 11.1. The molecule has 2 fully saturated rings. The Kier molecular flexibility index (Phi) is 2.61. The molecule has 6 heteroatoms. The van der Waals surface area contributed by atoms with Gasteiger partial charge in [-0.25, -0.2) is 4.39 Å². The van der Waals surface area contributed by atoms with Crippen LogP contribution in [0.5, 0.6) is 0 Å². The van der Waals surface area contributed by atoms with E-state index in [1.54, 1.807) is 13.8 Å². The molecule has 0 aliphatic carbocycles. The summed E-state index contributed by atoms with van der Waals surface area (Å²) in [6, 6.07) is -0.749. The lowest BCUT2D eigenvalue weighted by molar-refractivity contribution is -0.225. The molecule has 0 spiro atoms. The van der Waals surface area contributed by atoms with E-state index < -0.39 is 29.9 Å². The van der Waals surface area contributed by atoms with E-state index in [-0.39, 0.29) is 4.43 Å². The number of rotatable bonds is 1. The summed E-state index contributed by atoms with van der Waals surface area (Å²) in [5.74, 6) is -2.60. The van der Waals surface area contributed by atoms with Crippen LogP contribution in [-0.4, -0.2) is 42.1 Å². The topological polar surface area (TPSA) is 27.7 Å². The molecule has 2 aliphatic heterocycles. The van der Waals surface area contributed by atoms with Gasteiger partial charge in [-0.2, -0.15) is 0 Å². The summed E-state index contributed by atoms with van der Waals surface area (Å²) in [4.78, 5) is 0. The number of fused-ring (bicyclic) bond motifs is 1. The van der Waals surface area contributed by atoms with Gasteiger partial charge in [0.1, 0.15) is 20.1 Å². The SMILES string of the molecule is [B][C@@H]1O[C@](F)(CI)C2OC(C)(C)OC21. The number of halogens is 2. The predicted molar refractivity (Wildman–Crippen MR) is 57.2 cm³/mol. The van der Waals surface area contributed by atoms with Gasteiger partial charge < -0.3 is 14.2 Å². The zero-order valence-corrected chi connectivity index (χ0v) is 10.2. The smallest absolute Gasteiger partial charge is 0.247 e. The summed E-state index contributed by atoms with van der Waals surface area (Å²) in [7, 11) is 5.62. The average Bonchev–Trinajstić information content (AvgIpc) is 2.50.